The molecular weight excluding hydrogens is 578 g/mol. The third-order valence-electron chi connectivity index (χ3n) is 6.76. The van der Waals surface area contributed by atoms with Crippen molar-refractivity contribution in [1.82, 2.24) is 10.2 Å². The molecule has 0 aliphatic carbocycles. The summed E-state index contributed by atoms with van der Waals surface area (Å²) in [6.07, 6.45) is 3.99. The Morgan fingerprint density at radius 3 is 2.22 bits per heavy atom. The summed E-state index contributed by atoms with van der Waals surface area (Å²) in [4.78, 5) is 29.8. The lowest BCUT2D eigenvalue weighted by Gasteiger charge is -2.33. The minimum Gasteiger partial charge on any atom is -0.354 e. The van der Waals surface area contributed by atoms with Crippen molar-refractivity contribution in [3.8, 4) is 0 Å². The maximum atomic E-state index is 14.1. The van der Waals surface area contributed by atoms with Gasteiger partial charge in [0, 0.05) is 23.0 Å². The second-order valence-corrected chi connectivity index (χ2v) is 12.9. The van der Waals surface area contributed by atoms with Gasteiger partial charge in [0.2, 0.25) is 11.8 Å². The number of benzene rings is 3. The fourth-order valence-electron chi connectivity index (χ4n) is 4.35. The molecule has 7 nitrogen and oxygen atoms in total. The number of carbonyl (C=O) groups excluding carboxylic acids is 2. The Hall–Kier alpha value is -3.01. The van der Waals surface area contributed by atoms with E-state index in [0.29, 0.717) is 29.2 Å². The lowest BCUT2D eigenvalue weighted by molar-refractivity contribution is -0.140. The number of aryl methyl sites for hydroxylation is 1. The van der Waals surface area contributed by atoms with Crippen LogP contribution in [0.3, 0.4) is 0 Å². The normalized spacial score (nSPS) is 12.0. The van der Waals surface area contributed by atoms with Gasteiger partial charge >= 0.3 is 0 Å². The van der Waals surface area contributed by atoms with Gasteiger partial charge in [0.25, 0.3) is 10.0 Å². The molecule has 3 aromatic rings. The molecule has 41 heavy (non-hydrogen) atoms. The van der Waals surface area contributed by atoms with Gasteiger partial charge in [-0.15, -0.1) is 11.8 Å². The average molecular weight is 616 g/mol. The summed E-state index contributed by atoms with van der Waals surface area (Å²) in [7, 11) is -4.12. The van der Waals surface area contributed by atoms with Crippen molar-refractivity contribution in [3.63, 3.8) is 0 Å². The van der Waals surface area contributed by atoms with Crippen molar-refractivity contribution in [2.45, 2.75) is 62.4 Å². The minimum atomic E-state index is -4.12. The predicted octanol–water partition coefficient (Wildman–Crippen LogP) is 6.29. The molecule has 1 N–H and O–H groups in total. The highest BCUT2D eigenvalue weighted by Crippen LogP contribution is 2.27. The number of rotatable bonds is 14. The highest BCUT2D eigenvalue weighted by molar-refractivity contribution is 7.98. The number of hydrogen-bond acceptors (Lipinski definition) is 5. The first-order chi connectivity index (χ1) is 19.6. The van der Waals surface area contributed by atoms with Crippen LogP contribution in [0.1, 0.15) is 44.2 Å². The van der Waals surface area contributed by atoms with Crippen molar-refractivity contribution in [3.05, 3.63) is 88.9 Å². The number of amides is 2. The van der Waals surface area contributed by atoms with Gasteiger partial charge in [-0.1, -0.05) is 67.8 Å². The van der Waals surface area contributed by atoms with Gasteiger partial charge in [0.15, 0.2) is 0 Å². The lowest BCUT2D eigenvalue weighted by Crippen LogP contribution is -2.52. The fraction of sp³-hybridized carbons (Fsp3) is 0.355. The highest BCUT2D eigenvalue weighted by atomic mass is 35.5. The molecule has 0 spiro atoms. The first-order valence-electron chi connectivity index (χ1n) is 13.7. The number of thioether (sulfide) groups is 1. The molecule has 1 atom stereocenters. The van der Waals surface area contributed by atoms with E-state index in [9.17, 15) is 18.0 Å². The molecule has 0 saturated carbocycles. The van der Waals surface area contributed by atoms with Gasteiger partial charge in [-0.2, -0.15) is 0 Å². The van der Waals surface area contributed by atoms with Crippen molar-refractivity contribution in [1.29, 1.82) is 0 Å². The Morgan fingerprint density at radius 1 is 0.976 bits per heavy atom. The van der Waals surface area contributed by atoms with Crippen LogP contribution in [-0.2, 0) is 26.2 Å². The largest absolute Gasteiger partial charge is 0.354 e. The summed E-state index contributed by atoms with van der Waals surface area (Å²) >= 11 is 7.96. The van der Waals surface area contributed by atoms with E-state index < -0.39 is 28.5 Å². The van der Waals surface area contributed by atoms with E-state index in [-0.39, 0.29) is 17.3 Å². The molecule has 3 rings (SSSR count). The third kappa shape index (κ3) is 8.50. The van der Waals surface area contributed by atoms with Crippen LogP contribution in [0.15, 0.2) is 82.6 Å². The number of halogens is 1. The SMILES string of the molecule is CCCCNC(=O)C(CC)N(Cc1ccccc1Cl)C(=O)CN(c1ccc(C)cc1)S(=O)(=O)c1ccc(SC)cc1. The molecule has 220 valence electrons. The summed E-state index contributed by atoms with van der Waals surface area (Å²) in [6, 6.07) is 19.9. The van der Waals surface area contributed by atoms with Gasteiger partial charge in [-0.25, -0.2) is 8.42 Å². The van der Waals surface area contributed by atoms with Crippen LogP contribution in [0.5, 0.6) is 0 Å². The summed E-state index contributed by atoms with van der Waals surface area (Å²) in [6.45, 7) is 5.84. The Labute approximate surface area is 253 Å². The number of hydrogen-bond donors (Lipinski definition) is 1. The van der Waals surface area contributed by atoms with Crippen LogP contribution in [0.4, 0.5) is 5.69 Å². The van der Waals surface area contributed by atoms with Crippen LogP contribution >= 0.6 is 23.4 Å². The monoisotopic (exact) mass is 615 g/mol. The molecule has 0 saturated heterocycles. The molecular formula is C31H38ClN3O4S2. The molecule has 1 unspecified atom stereocenters. The second-order valence-electron chi connectivity index (χ2n) is 9.70. The van der Waals surface area contributed by atoms with Crippen molar-refractivity contribution >= 4 is 50.9 Å². The molecule has 0 heterocycles. The van der Waals surface area contributed by atoms with Gasteiger partial charge < -0.3 is 10.2 Å². The quantitative estimate of drug-likeness (QED) is 0.170. The Morgan fingerprint density at radius 2 is 1.63 bits per heavy atom. The van der Waals surface area contributed by atoms with E-state index in [0.717, 1.165) is 27.6 Å². The average Bonchev–Trinajstić information content (AvgIpc) is 2.97. The molecule has 3 aromatic carbocycles. The topological polar surface area (TPSA) is 86.8 Å². The fourth-order valence-corrected chi connectivity index (χ4v) is 6.37. The van der Waals surface area contributed by atoms with Gasteiger partial charge in [-0.3, -0.25) is 13.9 Å². The number of unbranched alkanes of at least 4 members (excludes halogenated alkanes) is 1. The molecule has 10 heteroatoms. The van der Waals surface area contributed by atoms with Crippen molar-refractivity contribution in [2.75, 3.05) is 23.7 Å². The van der Waals surface area contributed by atoms with Crippen LogP contribution < -0.4 is 9.62 Å². The minimum absolute atomic E-state index is 0.0580. The third-order valence-corrected chi connectivity index (χ3v) is 9.66. The van der Waals surface area contributed by atoms with E-state index in [1.54, 1.807) is 66.7 Å². The van der Waals surface area contributed by atoms with Gasteiger partial charge in [-0.05, 0) is 74.0 Å². The number of sulfonamides is 1. The number of carbonyl (C=O) groups is 2. The van der Waals surface area contributed by atoms with Crippen LogP contribution in [0, 0.1) is 6.92 Å². The Balaban J connectivity index is 2.04. The maximum absolute atomic E-state index is 14.1. The first kappa shape index (κ1) is 32.5. The molecule has 0 aliphatic rings. The van der Waals surface area contributed by atoms with Crippen LogP contribution in [-0.4, -0.2) is 50.5 Å². The number of anilines is 1. The van der Waals surface area contributed by atoms with Gasteiger partial charge in [0.1, 0.15) is 12.6 Å². The lowest BCUT2D eigenvalue weighted by atomic mass is 10.1. The van der Waals surface area contributed by atoms with Crippen LogP contribution in [0.25, 0.3) is 0 Å². The highest BCUT2D eigenvalue weighted by Gasteiger charge is 2.33. The Bertz CT molecular complexity index is 1410. The molecule has 0 aromatic heterocycles. The summed E-state index contributed by atoms with van der Waals surface area (Å²) < 4.78 is 29.1. The number of nitrogens with one attached hydrogen (secondary N) is 1. The van der Waals surface area contributed by atoms with E-state index in [1.165, 1.54) is 16.7 Å². The standard InChI is InChI=1S/C31H38ClN3O4S2/c1-5-7-20-33-31(37)29(6-2)34(21-24-10-8-9-11-28(24)32)30(36)22-35(25-14-12-23(3)13-15-25)41(38,39)27-18-16-26(40-4)17-19-27/h8-19,29H,5-7,20-22H2,1-4H3,(H,33,37). The van der Waals surface area contributed by atoms with E-state index in [4.69, 9.17) is 11.6 Å². The van der Waals surface area contributed by atoms with Crippen LogP contribution in [0.2, 0.25) is 5.02 Å². The molecule has 0 aliphatic heterocycles. The zero-order chi connectivity index (χ0) is 30.0. The molecule has 0 radical (unpaired) electrons. The van der Waals surface area contributed by atoms with Gasteiger partial charge in [0.05, 0.1) is 10.6 Å². The smallest absolute Gasteiger partial charge is 0.264 e. The second kappa shape index (κ2) is 15.3. The zero-order valence-electron chi connectivity index (χ0n) is 24.0. The Kier molecular flexibility index (Phi) is 12.1. The maximum Gasteiger partial charge on any atom is 0.264 e. The summed E-state index contributed by atoms with van der Waals surface area (Å²) in [5.74, 6) is -0.786. The number of nitrogens with zero attached hydrogens (tertiary/aromatic N) is 2. The zero-order valence-corrected chi connectivity index (χ0v) is 26.4. The van der Waals surface area contributed by atoms with E-state index in [2.05, 4.69) is 5.32 Å². The van der Waals surface area contributed by atoms with Crippen molar-refractivity contribution < 1.29 is 18.0 Å². The molecule has 0 fully saturated rings. The van der Waals surface area contributed by atoms with E-state index in [1.807, 2.05) is 33.1 Å². The molecule has 0 bridgehead atoms. The molecule has 2 amide bonds. The summed E-state index contributed by atoms with van der Waals surface area (Å²) in [5.41, 5.74) is 1.98. The summed E-state index contributed by atoms with van der Waals surface area (Å²) in [5, 5.41) is 3.39. The van der Waals surface area contributed by atoms with E-state index >= 15 is 0 Å². The first-order valence-corrected chi connectivity index (χ1v) is 16.7. The predicted molar refractivity (Wildman–Crippen MR) is 168 cm³/mol. The van der Waals surface area contributed by atoms with Crippen molar-refractivity contribution in [2.24, 2.45) is 0 Å².